The molecule has 0 aromatic heterocycles. The zero-order valence-corrected chi connectivity index (χ0v) is 15.6. The highest BCUT2D eigenvalue weighted by atomic mass is 16.6. The summed E-state index contributed by atoms with van der Waals surface area (Å²) in [6.45, 7) is 7.51. The summed E-state index contributed by atoms with van der Waals surface area (Å²) in [7, 11) is 0. The summed E-state index contributed by atoms with van der Waals surface area (Å²) in [6.07, 6.45) is 7.76. The zero-order chi connectivity index (χ0) is 17.5. The van der Waals surface area contributed by atoms with Gasteiger partial charge >= 0.3 is 11.9 Å². The first-order valence-electron chi connectivity index (χ1n) is 9.69. The zero-order valence-electron chi connectivity index (χ0n) is 15.6. The first-order chi connectivity index (χ1) is 11.3. The second kappa shape index (κ2) is 6.34. The number of hydrogen-bond acceptors (Lipinski definition) is 4. The monoisotopic (exact) mass is 336 g/mol. The molecular weight excluding hydrogens is 304 g/mol. The van der Waals surface area contributed by atoms with E-state index in [1.165, 1.54) is 32.1 Å². The highest BCUT2D eigenvalue weighted by Gasteiger charge is 2.58. The molecule has 0 aliphatic heterocycles. The Bertz CT molecular complexity index is 480. The van der Waals surface area contributed by atoms with Gasteiger partial charge in [0.2, 0.25) is 0 Å². The number of esters is 2. The summed E-state index contributed by atoms with van der Waals surface area (Å²) in [5.74, 6) is 2.00. The van der Waals surface area contributed by atoms with Crippen LogP contribution in [-0.4, -0.2) is 24.1 Å². The number of carbonyl (C=O) groups excluding carboxylic acids is 2. The fourth-order valence-electron chi connectivity index (χ4n) is 5.50. The van der Waals surface area contributed by atoms with Crippen molar-refractivity contribution in [1.82, 2.24) is 0 Å². The van der Waals surface area contributed by atoms with E-state index >= 15 is 0 Å². The summed E-state index contributed by atoms with van der Waals surface area (Å²) in [5, 5.41) is 0. The van der Waals surface area contributed by atoms with Gasteiger partial charge < -0.3 is 9.47 Å². The summed E-state index contributed by atoms with van der Waals surface area (Å²) in [5.41, 5.74) is -0.859. The number of ether oxygens (including phenoxy) is 2. The number of carbonyl (C=O) groups is 2. The van der Waals surface area contributed by atoms with Crippen molar-refractivity contribution in [2.75, 3.05) is 6.61 Å². The topological polar surface area (TPSA) is 52.6 Å². The SMILES string of the molecule is CCC(C)(C)C(=O)OCC(=O)OC1(CC)C2CC3CC(C2)CC1C3. The van der Waals surface area contributed by atoms with Crippen LogP contribution in [0.1, 0.15) is 72.6 Å². The van der Waals surface area contributed by atoms with E-state index in [0.717, 1.165) is 18.3 Å². The van der Waals surface area contributed by atoms with Gasteiger partial charge in [-0.2, -0.15) is 0 Å². The molecule has 0 N–H and O–H groups in total. The van der Waals surface area contributed by atoms with Gasteiger partial charge in [-0.05, 0) is 82.5 Å². The van der Waals surface area contributed by atoms with Crippen LogP contribution in [0, 0.1) is 29.1 Å². The molecule has 0 aromatic carbocycles. The van der Waals surface area contributed by atoms with E-state index in [2.05, 4.69) is 6.92 Å². The Morgan fingerprint density at radius 3 is 2.00 bits per heavy atom. The first kappa shape index (κ1) is 17.8. The molecule has 24 heavy (non-hydrogen) atoms. The van der Waals surface area contributed by atoms with E-state index in [0.29, 0.717) is 18.3 Å². The Morgan fingerprint density at radius 2 is 1.54 bits per heavy atom. The largest absolute Gasteiger partial charge is 0.456 e. The van der Waals surface area contributed by atoms with Crippen LogP contribution in [0.4, 0.5) is 0 Å². The maximum absolute atomic E-state index is 12.4. The lowest BCUT2D eigenvalue weighted by Gasteiger charge is -2.60. The standard InChI is InChI=1S/C20H32O4/c1-5-19(3,4)18(22)23-12-17(21)24-20(6-2)15-8-13-7-14(10-15)11-16(20)9-13/h13-16H,5-12H2,1-4H3. The molecule has 4 aliphatic rings. The van der Waals surface area contributed by atoms with Gasteiger partial charge in [-0.1, -0.05) is 13.8 Å². The van der Waals surface area contributed by atoms with Crippen LogP contribution in [-0.2, 0) is 19.1 Å². The Hall–Kier alpha value is -1.06. The molecule has 0 radical (unpaired) electrons. The number of hydrogen-bond donors (Lipinski definition) is 0. The lowest BCUT2D eigenvalue weighted by molar-refractivity contribution is -0.214. The van der Waals surface area contributed by atoms with Gasteiger partial charge in [0.1, 0.15) is 5.60 Å². The summed E-state index contributed by atoms with van der Waals surface area (Å²) in [6, 6.07) is 0. The molecule has 0 atom stereocenters. The van der Waals surface area contributed by atoms with Crippen LogP contribution in [0.5, 0.6) is 0 Å². The molecule has 0 spiro atoms. The minimum atomic E-state index is -0.550. The summed E-state index contributed by atoms with van der Waals surface area (Å²) in [4.78, 5) is 24.5. The Morgan fingerprint density at radius 1 is 1.00 bits per heavy atom. The Labute approximate surface area is 145 Å². The third-order valence-electron chi connectivity index (χ3n) is 7.13. The molecule has 4 aliphatic carbocycles. The first-order valence-corrected chi connectivity index (χ1v) is 9.69. The molecule has 4 fully saturated rings. The van der Waals surface area contributed by atoms with Crippen molar-refractivity contribution < 1.29 is 19.1 Å². The van der Waals surface area contributed by atoms with Crippen LogP contribution in [0.25, 0.3) is 0 Å². The quantitative estimate of drug-likeness (QED) is 0.685. The molecule has 0 heterocycles. The second-order valence-electron chi connectivity index (χ2n) is 8.90. The molecule has 4 saturated carbocycles. The molecule has 4 bridgehead atoms. The Kier molecular flexibility index (Phi) is 4.69. The van der Waals surface area contributed by atoms with Gasteiger partial charge in [0.25, 0.3) is 0 Å². The van der Waals surface area contributed by atoms with Crippen molar-refractivity contribution in [2.45, 2.75) is 78.2 Å². The van der Waals surface area contributed by atoms with Gasteiger partial charge in [0, 0.05) is 0 Å². The van der Waals surface area contributed by atoms with Gasteiger partial charge in [0.15, 0.2) is 6.61 Å². The Balaban J connectivity index is 1.61. The molecular formula is C20H32O4. The molecule has 0 aromatic rings. The molecule has 136 valence electrons. The van der Waals surface area contributed by atoms with E-state index in [1.807, 2.05) is 20.8 Å². The minimum absolute atomic E-state index is 0.254. The third kappa shape index (κ3) is 2.97. The van der Waals surface area contributed by atoms with Gasteiger partial charge in [-0.25, -0.2) is 4.79 Å². The summed E-state index contributed by atoms with van der Waals surface area (Å²) < 4.78 is 11.3. The van der Waals surface area contributed by atoms with Crippen molar-refractivity contribution in [3.63, 3.8) is 0 Å². The third-order valence-corrected chi connectivity index (χ3v) is 7.13. The maximum Gasteiger partial charge on any atom is 0.344 e. The predicted molar refractivity (Wildman–Crippen MR) is 91.2 cm³/mol. The predicted octanol–water partition coefficient (Wildman–Crippen LogP) is 4.11. The van der Waals surface area contributed by atoms with Crippen molar-refractivity contribution >= 4 is 11.9 Å². The maximum atomic E-state index is 12.4. The van der Waals surface area contributed by atoms with E-state index in [-0.39, 0.29) is 24.1 Å². The average Bonchev–Trinajstić information content (AvgIpc) is 2.55. The summed E-state index contributed by atoms with van der Waals surface area (Å²) >= 11 is 0. The van der Waals surface area contributed by atoms with Crippen LogP contribution in [0.2, 0.25) is 0 Å². The van der Waals surface area contributed by atoms with Crippen LogP contribution >= 0.6 is 0 Å². The van der Waals surface area contributed by atoms with Crippen molar-refractivity contribution in [1.29, 1.82) is 0 Å². The van der Waals surface area contributed by atoms with Crippen molar-refractivity contribution in [2.24, 2.45) is 29.1 Å². The molecule has 4 nitrogen and oxygen atoms in total. The van der Waals surface area contributed by atoms with Gasteiger partial charge in [-0.15, -0.1) is 0 Å². The normalized spacial score (nSPS) is 37.3. The highest BCUT2D eigenvalue weighted by molar-refractivity contribution is 5.80. The van der Waals surface area contributed by atoms with Crippen LogP contribution in [0.3, 0.4) is 0 Å². The van der Waals surface area contributed by atoms with E-state index in [1.54, 1.807) is 0 Å². The van der Waals surface area contributed by atoms with Crippen LogP contribution < -0.4 is 0 Å². The van der Waals surface area contributed by atoms with E-state index in [9.17, 15) is 9.59 Å². The fraction of sp³-hybridized carbons (Fsp3) is 0.900. The average molecular weight is 336 g/mol. The smallest absolute Gasteiger partial charge is 0.344 e. The van der Waals surface area contributed by atoms with Crippen LogP contribution in [0.15, 0.2) is 0 Å². The molecule has 4 heteroatoms. The lowest BCUT2D eigenvalue weighted by Crippen LogP contribution is -2.59. The van der Waals surface area contributed by atoms with Gasteiger partial charge in [-0.3, -0.25) is 4.79 Å². The molecule has 4 rings (SSSR count). The second-order valence-corrected chi connectivity index (χ2v) is 8.90. The molecule has 0 amide bonds. The van der Waals surface area contributed by atoms with Crippen molar-refractivity contribution in [3.05, 3.63) is 0 Å². The van der Waals surface area contributed by atoms with Gasteiger partial charge in [0.05, 0.1) is 5.41 Å². The highest BCUT2D eigenvalue weighted by Crippen LogP contribution is 2.60. The number of rotatable bonds is 6. The minimum Gasteiger partial charge on any atom is -0.456 e. The van der Waals surface area contributed by atoms with Crippen molar-refractivity contribution in [3.8, 4) is 0 Å². The van der Waals surface area contributed by atoms with E-state index in [4.69, 9.17) is 9.47 Å². The molecule has 0 unspecified atom stereocenters. The molecule has 0 saturated heterocycles. The lowest BCUT2D eigenvalue weighted by atomic mass is 9.49. The fourth-order valence-corrected chi connectivity index (χ4v) is 5.50. The van der Waals surface area contributed by atoms with E-state index < -0.39 is 5.41 Å².